The highest BCUT2D eigenvalue weighted by Gasteiger charge is 2.46. The molecule has 0 bridgehead atoms. The van der Waals surface area contributed by atoms with Crippen molar-refractivity contribution in [2.45, 2.75) is 140 Å². The lowest BCUT2D eigenvalue weighted by Crippen LogP contribution is -2.60. The Morgan fingerprint density at radius 3 is 1.94 bits per heavy atom. The Balaban J connectivity index is 1.47. The van der Waals surface area contributed by atoms with Crippen LogP contribution in [-0.4, -0.2) is 77.9 Å². The van der Waals surface area contributed by atoms with Crippen LogP contribution in [0.1, 0.15) is 96.8 Å². The second-order valence-corrected chi connectivity index (χ2v) is 9.47. The van der Waals surface area contributed by atoms with E-state index in [9.17, 15) is 20.1 Å². The molecule has 0 aliphatic carbocycles. The summed E-state index contributed by atoms with van der Waals surface area (Å²) < 4.78 is 21.3. The largest absolute Gasteiger partial charge is 0.456 e. The average molecular weight is 475 g/mol. The van der Waals surface area contributed by atoms with E-state index in [4.69, 9.17) is 18.9 Å². The van der Waals surface area contributed by atoms with Crippen LogP contribution in [0.3, 0.4) is 0 Å². The van der Waals surface area contributed by atoms with Gasteiger partial charge in [-0.05, 0) is 19.3 Å². The van der Waals surface area contributed by atoms with Crippen LogP contribution in [0, 0.1) is 0 Å². The third-order valence-electron chi connectivity index (χ3n) is 6.72. The second kappa shape index (κ2) is 16.0. The molecule has 8 heteroatoms. The maximum absolute atomic E-state index is 12.2. The zero-order valence-electron chi connectivity index (χ0n) is 20.5. The molecule has 0 radical (unpaired) electrons. The minimum absolute atomic E-state index is 0.226. The topological polar surface area (TPSA) is 118 Å². The summed E-state index contributed by atoms with van der Waals surface area (Å²) in [5.74, 6) is -0.476. The zero-order valence-corrected chi connectivity index (χ0v) is 20.5. The molecule has 2 saturated heterocycles. The monoisotopic (exact) mass is 474 g/mol. The maximum atomic E-state index is 12.2. The molecule has 0 aromatic rings. The molecule has 3 N–H and O–H groups in total. The van der Waals surface area contributed by atoms with Gasteiger partial charge in [-0.3, -0.25) is 4.79 Å². The van der Waals surface area contributed by atoms with Gasteiger partial charge in [-0.1, -0.05) is 71.1 Å². The molecule has 2 aliphatic rings. The summed E-state index contributed by atoms with van der Waals surface area (Å²) in [7, 11) is 1.34. The Hall–Kier alpha value is -0.770. The van der Waals surface area contributed by atoms with Gasteiger partial charge in [-0.25, -0.2) is 0 Å². The van der Waals surface area contributed by atoms with Crippen molar-refractivity contribution in [3.8, 4) is 0 Å². The minimum Gasteiger partial charge on any atom is -0.456 e. The van der Waals surface area contributed by atoms with Crippen molar-refractivity contribution in [2.24, 2.45) is 0 Å². The Kier molecular flexibility index (Phi) is 13.8. The van der Waals surface area contributed by atoms with Gasteiger partial charge in [-0.15, -0.1) is 0 Å². The van der Waals surface area contributed by atoms with Crippen LogP contribution in [0.2, 0.25) is 0 Å². The van der Waals surface area contributed by atoms with Crippen molar-refractivity contribution in [1.29, 1.82) is 0 Å². The molecule has 2 aliphatic heterocycles. The predicted octanol–water partition coefficient (Wildman–Crippen LogP) is 3.23. The Bertz CT molecular complexity index is 515. The SMILES string of the molecule is CCCCCCCCC1OC1CCCCCCCC(=O)OC1[C@H](O)C(CO)O[C@H](OC)[C@H]1O. The molecule has 2 fully saturated rings. The van der Waals surface area contributed by atoms with E-state index in [-0.39, 0.29) is 6.42 Å². The van der Waals surface area contributed by atoms with Crippen molar-refractivity contribution in [3.05, 3.63) is 0 Å². The van der Waals surface area contributed by atoms with Gasteiger partial charge < -0.3 is 34.3 Å². The number of carbonyl (C=O) groups is 1. The predicted molar refractivity (Wildman–Crippen MR) is 124 cm³/mol. The van der Waals surface area contributed by atoms with Gasteiger partial charge in [0.25, 0.3) is 0 Å². The first-order valence-corrected chi connectivity index (χ1v) is 13.0. The summed E-state index contributed by atoms with van der Waals surface area (Å²) in [5, 5.41) is 29.7. The minimum atomic E-state index is -1.31. The molecule has 4 unspecified atom stereocenters. The third-order valence-corrected chi connectivity index (χ3v) is 6.72. The van der Waals surface area contributed by atoms with E-state index in [1.165, 1.54) is 52.1 Å². The number of esters is 1. The average Bonchev–Trinajstić information content (AvgIpc) is 3.56. The van der Waals surface area contributed by atoms with Crippen LogP contribution in [0.25, 0.3) is 0 Å². The van der Waals surface area contributed by atoms with Crippen molar-refractivity contribution < 1.29 is 39.1 Å². The van der Waals surface area contributed by atoms with Gasteiger partial charge in [0.15, 0.2) is 12.4 Å². The highest BCUT2D eigenvalue weighted by atomic mass is 16.7. The van der Waals surface area contributed by atoms with Crippen molar-refractivity contribution in [2.75, 3.05) is 13.7 Å². The van der Waals surface area contributed by atoms with Gasteiger partial charge in [-0.2, -0.15) is 0 Å². The highest BCUT2D eigenvalue weighted by molar-refractivity contribution is 5.69. The van der Waals surface area contributed by atoms with Crippen molar-refractivity contribution >= 4 is 5.97 Å². The van der Waals surface area contributed by atoms with Crippen LogP contribution in [0.4, 0.5) is 0 Å². The first-order chi connectivity index (χ1) is 16.0. The zero-order chi connectivity index (χ0) is 24.1. The molecule has 0 amide bonds. The lowest BCUT2D eigenvalue weighted by atomic mass is 9.99. The van der Waals surface area contributed by atoms with Gasteiger partial charge >= 0.3 is 5.97 Å². The number of hydrogen-bond donors (Lipinski definition) is 3. The number of unbranched alkanes of at least 4 members (excludes halogenated alkanes) is 9. The van der Waals surface area contributed by atoms with Gasteiger partial charge in [0.1, 0.15) is 18.3 Å². The Morgan fingerprint density at radius 2 is 1.36 bits per heavy atom. The van der Waals surface area contributed by atoms with E-state index in [0.717, 1.165) is 32.1 Å². The molecule has 2 rings (SSSR count). The molecule has 2 heterocycles. The lowest BCUT2D eigenvalue weighted by Gasteiger charge is -2.40. The summed E-state index contributed by atoms with van der Waals surface area (Å²) in [6.45, 7) is 1.78. The smallest absolute Gasteiger partial charge is 0.306 e. The second-order valence-electron chi connectivity index (χ2n) is 9.47. The number of ether oxygens (including phenoxy) is 4. The standard InChI is InChI=1S/C25H46O8/c1-3-4-5-6-8-11-14-18-19(31-18)15-12-9-7-10-13-16-21(27)33-24-22(28)20(17-26)32-25(30-2)23(24)29/h18-20,22-26,28-29H,3-17H2,1-2H3/t18?,19?,20?,22-,23+,24?,25+/m1/s1. The number of epoxide rings is 1. The van der Waals surface area contributed by atoms with Gasteiger partial charge in [0.2, 0.25) is 0 Å². The van der Waals surface area contributed by atoms with E-state index in [0.29, 0.717) is 18.6 Å². The van der Waals surface area contributed by atoms with Crippen molar-refractivity contribution in [1.82, 2.24) is 0 Å². The number of aliphatic hydroxyl groups excluding tert-OH is 3. The molecule has 0 aromatic carbocycles. The number of aliphatic hydroxyl groups is 3. The molecule has 0 saturated carbocycles. The van der Waals surface area contributed by atoms with Crippen molar-refractivity contribution in [3.63, 3.8) is 0 Å². The summed E-state index contributed by atoms with van der Waals surface area (Å²) in [6, 6.07) is 0. The fraction of sp³-hybridized carbons (Fsp3) is 0.960. The number of rotatable bonds is 18. The van der Waals surface area contributed by atoms with E-state index >= 15 is 0 Å². The van der Waals surface area contributed by atoms with E-state index in [1.807, 2.05) is 0 Å². The quantitative estimate of drug-likeness (QED) is 0.157. The molecular formula is C25H46O8. The van der Waals surface area contributed by atoms with Gasteiger partial charge in [0, 0.05) is 13.5 Å². The van der Waals surface area contributed by atoms with Crippen LogP contribution in [-0.2, 0) is 23.7 Å². The maximum Gasteiger partial charge on any atom is 0.306 e. The fourth-order valence-corrected chi connectivity index (χ4v) is 4.56. The van der Waals surface area contributed by atoms with Crippen LogP contribution in [0.15, 0.2) is 0 Å². The summed E-state index contributed by atoms with van der Waals surface area (Å²) in [5.41, 5.74) is 0. The summed E-state index contributed by atoms with van der Waals surface area (Å²) in [4.78, 5) is 12.2. The van der Waals surface area contributed by atoms with Gasteiger partial charge in [0.05, 0.1) is 18.8 Å². The molecule has 0 spiro atoms. The van der Waals surface area contributed by atoms with E-state index in [2.05, 4.69) is 6.92 Å². The number of carbonyl (C=O) groups excluding carboxylic acids is 1. The molecule has 8 nitrogen and oxygen atoms in total. The van der Waals surface area contributed by atoms with Crippen LogP contribution < -0.4 is 0 Å². The van der Waals surface area contributed by atoms with E-state index in [1.54, 1.807) is 0 Å². The first kappa shape index (κ1) is 28.5. The molecule has 194 valence electrons. The van der Waals surface area contributed by atoms with Crippen LogP contribution >= 0.6 is 0 Å². The molecule has 0 aromatic heterocycles. The summed E-state index contributed by atoms with van der Waals surface area (Å²) in [6.07, 6.45) is 10.6. The highest BCUT2D eigenvalue weighted by Crippen LogP contribution is 2.32. The molecule has 7 atom stereocenters. The van der Waals surface area contributed by atoms with Crippen LogP contribution in [0.5, 0.6) is 0 Å². The Morgan fingerprint density at radius 1 is 0.788 bits per heavy atom. The fourth-order valence-electron chi connectivity index (χ4n) is 4.56. The first-order valence-electron chi connectivity index (χ1n) is 13.0. The normalized spacial score (nSPS) is 31.5. The van der Waals surface area contributed by atoms with E-state index < -0.39 is 43.3 Å². The summed E-state index contributed by atoms with van der Waals surface area (Å²) >= 11 is 0. The Labute approximate surface area is 198 Å². The number of methoxy groups -OCH3 is 1. The number of hydrogen-bond acceptors (Lipinski definition) is 8. The molecule has 33 heavy (non-hydrogen) atoms. The molecular weight excluding hydrogens is 428 g/mol. The lowest BCUT2D eigenvalue weighted by molar-refractivity contribution is -0.297. The third kappa shape index (κ3) is 10.2.